The third kappa shape index (κ3) is 2.42. The fourth-order valence-electron chi connectivity index (χ4n) is 1.59. The Labute approximate surface area is 102 Å². The SMILES string of the molecule is [O-]c1cc(C(F)(F)F)nc2c(C(F)(F)F)cccc12. The van der Waals surface area contributed by atoms with Gasteiger partial charge in [0, 0.05) is 0 Å². The number of hydrogen-bond acceptors (Lipinski definition) is 2. The zero-order valence-corrected chi connectivity index (χ0v) is 8.93. The molecule has 0 aliphatic rings. The molecule has 19 heavy (non-hydrogen) atoms. The van der Waals surface area contributed by atoms with Gasteiger partial charge >= 0.3 is 12.4 Å². The minimum Gasteiger partial charge on any atom is -0.872 e. The summed E-state index contributed by atoms with van der Waals surface area (Å²) in [6.07, 6.45) is -9.87. The molecule has 0 atom stereocenters. The van der Waals surface area contributed by atoms with E-state index in [0.717, 1.165) is 12.1 Å². The van der Waals surface area contributed by atoms with Crippen molar-refractivity contribution in [1.29, 1.82) is 0 Å². The first-order valence-electron chi connectivity index (χ1n) is 4.86. The van der Waals surface area contributed by atoms with E-state index in [-0.39, 0.29) is 6.07 Å². The predicted octanol–water partition coefficient (Wildman–Crippen LogP) is 3.35. The molecule has 0 amide bonds. The molecule has 2 rings (SSSR count). The molecule has 1 aromatic carbocycles. The van der Waals surface area contributed by atoms with Gasteiger partial charge < -0.3 is 5.11 Å². The molecular formula is C11H4F6NO-. The van der Waals surface area contributed by atoms with Crippen molar-refractivity contribution in [3.63, 3.8) is 0 Å². The number of rotatable bonds is 0. The van der Waals surface area contributed by atoms with Crippen LogP contribution in [0.25, 0.3) is 10.9 Å². The van der Waals surface area contributed by atoms with E-state index < -0.39 is 40.3 Å². The van der Waals surface area contributed by atoms with Crippen LogP contribution in [0.1, 0.15) is 11.3 Å². The Kier molecular flexibility index (Phi) is 2.83. The lowest BCUT2D eigenvalue weighted by Crippen LogP contribution is -2.12. The minimum absolute atomic E-state index is 0.183. The van der Waals surface area contributed by atoms with E-state index in [1.54, 1.807) is 0 Å². The van der Waals surface area contributed by atoms with E-state index in [1.807, 2.05) is 0 Å². The van der Waals surface area contributed by atoms with Crippen LogP contribution in [0.5, 0.6) is 5.75 Å². The van der Waals surface area contributed by atoms with E-state index in [0.29, 0.717) is 6.07 Å². The molecule has 0 aliphatic heterocycles. The number of hydrogen-bond donors (Lipinski definition) is 0. The Morgan fingerprint density at radius 2 is 1.58 bits per heavy atom. The Balaban J connectivity index is 2.84. The molecule has 2 aromatic rings. The summed E-state index contributed by atoms with van der Waals surface area (Å²) in [5, 5.41) is 10.9. The van der Waals surface area contributed by atoms with Gasteiger partial charge in [-0.05, 0) is 17.5 Å². The van der Waals surface area contributed by atoms with E-state index in [9.17, 15) is 31.4 Å². The highest BCUT2D eigenvalue weighted by Gasteiger charge is 2.36. The van der Waals surface area contributed by atoms with Crippen LogP contribution in [0.2, 0.25) is 0 Å². The fourth-order valence-corrected chi connectivity index (χ4v) is 1.59. The monoisotopic (exact) mass is 280 g/mol. The Morgan fingerprint density at radius 3 is 2.11 bits per heavy atom. The molecule has 0 fully saturated rings. The normalized spacial score (nSPS) is 12.9. The Morgan fingerprint density at radius 1 is 0.947 bits per heavy atom. The summed E-state index contributed by atoms with van der Waals surface area (Å²) in [4.78, 5) is 2.93. The van der Waals surface area contributed by atoms with Gasteiger partial charge in [-0.3, -0.25) is 0 Å². The molecule has 0 saturated heterocycles. The van der Waals surface area contributed by atoms with E-state index in [1.165, 1.54) is 0 Å². The lowest BCUT2D eigenvalue weighted by Gasteiger charge is -2.17. The molecule has 2 nitrogen and oxygen atoms in total. The van der Waals surface area contributed by atoms with Crippen molar-refractivity contribution in [3.8, 4) is 5.75 Å². The van der Waals surface area contributed by atoms with Crippen molar-refractivity contribution in [1.82, 2.24) is 4.98 Å². The first-order chi connectivity index (χ1) is 8.60. The molecule has 1 heterocycles. The van der Waals surface area contributed by atoms with Gasteiger partial charge in [0.05, 0.1) is 11.1 Å². The third-order valence-corrected chi connectivity index (χ3v) is 2.40. The minimum atomic E-state index is -4.98. The maximum atomic E-state index is 12.7. The highest BCUT2D eigenvalue weighted by Crippen LogP contribution is 2.38. The molecule has 0 spiro atoms. The average molecular weight is 280 g/mol. The van der Waals surface area contributed by atoms with Crippen LogP contribution in [-0.4, -0.2) is 4.98 Å². The molecule has 0 bridgehead atoms. The highest BCUT2D eigenvalue weighted by molar-refractivity contribution is 5.87. The van der Waals surface area contributed by atoms with Crippen LogP contribution in [0.15, 0.2) is 24.3 Å². The number of fused-ring (bicyclic) bond motifs is 1. The second kappa shape index (κ2) is 4.01. The third-order valence-electron chi connectivity index (χ3n) is 2.40. The van der Waals surface area contributed by atoms with Crippen LogP contribution >= 0.6 is 0 Å². The van der Waals surface area contributed by atoms with Gasteiger partial charge in [0.15, 0.2) is 0 Å². The van der Waals surface area contributed by atoms with Gasteiger partial charge in [-0.2, -0.15) is 26.3 Å². The number of halogens is 6. The summed E-state index contributed by atoms with van der Waals surface area (Å²) in [6, 6.07) is 2.71. The number of para-hydroxylation sites is 1. The summed E-state index contributed by atoms with van der Waals surface area (Å²) in [7, 11) is 0. The lowest BCUT2D eigenvalue weighted by atomic mass is 10.1. The molecule has 0 aliphatic carbocycles. The summed E-state index contributed by atoms with van der Waals surface area (Å²) in [5.74, 6) is -1.15. The number of pyridine rings is 1. The van der Waals surface area contributed by atoms with Gasteiger partial charge in [0.2, 0.25) is 0 Å². The Bertz CT molecular complexity index is 631. The molecule has 0 N–H and O–H groups in total. The van der Waals surface area contributed by atoms with Crippen molar-refractivity contribution >= 4 is 10.9 Å². The molecule has 8 heteroatoms. The lowest BCUT2D eigenvalue weighted by molar-refractivity contribution is -0.266. The quantitative estimate of drug-likeness (QED) is 0.694. The van der Waals surface area contributed by atoms with Crippen LogP contribution in [0.4, 0.5) is 26.3 Å². The maximum Gasteiger partial charge on any atom is 0.433 e. The first-order valence-corrected chi connectivity index (χ1v) is 4.86. The molecule has 102 valence electrons. The summed E-state index contributed by atoms with van der Waals surface area (Å²) in [5.41, 5.74) is -4.00. The number of nitrogens with zero attached hydrogens (tertiary/aromatic N) is 1. The van der Waals surface area contributed by atoms with Crippen LogP contribution in [0.3, 0.4) is 0 Å². The summed E-state index contributed by atoms with van der Waals surface area (Å²) < 4.78 is 75.3. The number of aromatic nitrogens is 1. The van der Waals surface area contributed by atoms with Crippen LogP contribution in [-0.2, 0) is 12.4 Å². The van der Waals surface area contributed by atoms with Crippen molar-refractivity contribution in [2.75, 3.05) is 0 Å². The number of alkyl halides is 6. The zero-order valence-electron chi connectivity index (χ0n) is 8.93. The smallest absolute Gasteiger partial charge is 0.433 e. The van der Waals surface area contributed by atoms with Gasteiger partial charge in [-0.1, -0.05) is 17.9 Å². The molecule has 0 unspecified atom stereocenters. The van der Waals surface area contributed by atoms with Crippen LogP contribution in [0, 0.1) is 0 Å². The molecule has 1 aromatic heterocycles. The largest absolute Gasteiger partial charge is 0.872 e. The van der Waals surface area contributed by atoms with Gasteiger partial charge in [-0.25, -0.2) is 4.98 Å². The van der Waals surface area contributed by atoms with Gasteiger partial charge in [0.1, 0.15) is 5.69 Å². The van der Waals surface area contributed by atoms with Crippen LogP contribution < -0.4 is 5.11 Å². The summed E-state index contributed by atoms with van der Waals surface area (Å²) in [6.45, 7) is 0. The molecule has 0 radical (unpaired) electrons. The zero-order chi connectivity index (χ0) is 14.4. The van der Waals surface area contributed by atoms with Crippen molar-refractivity contribution in [3.05, 3.63) is 35.5 Å². The van der Waals surface area contributed by atoms with E-state index in [4.69, 9.17) is 0 Å². The number of benzene rings is 1. The molecular weight excluding hydrogens is 276 g/mol. The van der Waals surface area contributed by atoms with E-state index >= 15 is 0 Å². The van der Waals surface area contributed by atoms with Crippen molar-refractivity contribution < 1.29 is 31.4 Å². The first kappa shape index (κ1) is 13.4. The Hall–Kier alpha value is -1.99. The standard InChI is InChI=1S/C11H5F6NO/c12-10(13,14)6-3-1-2-5-7(19)4-8(11(15,16)17)18-9(5)6/h1-4H,(H,18,19)/p-1. The second-order valence-corrected chi connectivity index (χ2v) is 3.70. The van der Waals surface area contributed by atoms with Crippen molar-refractivity contribution in [2.24, 2.45) is 0 Å². The highest BCUT2D eigenvalue weighted by atomic mass is 19.4. The summed E-state index contributed by atoms with van der Waals surface area (Å²) >= 11 is 0. The maximum absolute atomic E-state index is 12.7. The fraction of sp³-hybridized carbons (Fsp3) is 0.182. The average Bonchev–Trinajstić information content (AvgIpc) is 2.25. The van der Waals surface area contributed by atoms with E-state index in [2.05, 4.69) is 4.98 Å². The van der Waals surface area contributed by atoms with Gasteiger partial charge in [-0.15, -0.1) is 0 Å². The second-order valence-electron chi connectivity index (χ2n) is 3.70. The molecule has 0 saturated carbocycles. The van der Waals surface area contributed by atoms with Gasteiger partial charge in [0.25, 0.3) is 0 Å². The van der Waals surface area contributed by atoms with Crippen molar-refractivity contribution in [2.45, 2.75) is 12.4 Å². The predicted molar refractivity (Wildman–Crippen MR) is 51.2 cm³/mol. The topological polar surface area (TPSA) is 36.0 Å².